The minimum atomic E-state index is -3.35. The Morgan fingerprint density at radius 3 is 2.29 bits per heavy atom. The number of amides is 3. The number of Topliss-reactive ketones (excluding diaryl/α,β-unsaturated/α-hetero) is 1. The van der Waals surface area contributed by atoms with Crippen LogP contribution in [0.1, 0.15) is 63.9 Å². The van der Waals surface area contributed by atoms with Crippen molar-refractivity contribution in [1.82, 2.24) is 15.2 Å². The molecule has 0 spiro atoms. The van der Waals surface area contributed by atoms with Gasteiger partial charge in [-0.1, -0.05) is 17.7 Å². The molecule has 2 aromatic rings. The van der Waals surface area contributed by atoms with Gasteiger partial charge >= 0.3 is 0 Å². The number of sulfone groups is 1. The normalized spacial score (nSPS) is 20.6. The maximum absolute atomic E-state index is 14.0. The fourth-order valence-corrected chi connectivity index (χ4v) is 8.27. The van der Waals surface area contributed by atoms with Gasteiger partial charge in [0, 0.05) is 35.8 Å². The van der Waals surface area contributed by atoms with Crippen molar-refractivity contribution in [3.63, 3.8) is 0 Å². The Hall–Kier alpha value is -3.32. The number of aryl methyl sites for hydroxylation is 1. The van der Waals surface area contributed by atoms with Crippen molar-refractivity contribution in [3.8, 4) is 0 Å². The number of nitrogens with one attached hydrogen (secondary N) is 3. The van der Waals surface area contributed by atoms with Crippen LogP contribution < -0.4 is 16.0 Å². The Balaban J connectivity index is 1.39. The fraction of sp³-hybridized carbons (Fsp3) is 0.481. The highest BCUT2D eigenvalue weighted by Crippen LogP contribution is 2.46. The summed E-state index contributed by atoms with van der Waals surface area (Å²) in [4.78, 5) is 53.0. The maximum atomic E-state index is 14.0. The summed E-state index contributed by atoms with van der Waals surface area (Å²) in [7, 11) is -3.35. The minimum Gasteiger partial charge on any atom is -0.347 e. The van der Waals surface area contributed by atoms with Crippen molar-refractivity contribution in [2.24, 2.45) is 0 Å². The standard InChI is InChI=1S/C27H29ClF2N4O6S/c1-14-6-7-16(9-17(14)28)31-22(36)20-15(2)19(18-5-4-8-34(18)20)21(35)23(37)32-26(10-27(29,30)11-26)24(38)33-25(3)12-41(39,40)13-25/h6-7,9H,4-5,8,10-13H2,1-3H3,(H,31,36)(H,32,37)(H,33,38). The molecule has 3 aliphatic rings. The van der Waals surface area contributed by atoms with Gasteiger partial charge in [0.15, 0.2) is 9.84 Å². The third kappa shape index (κ3) is 5.25. The van der Waals surface area contributed by atoms with Crippen molar-refractivity contribution >= 4 is 50.6 Å². The number of aromatic nitrogens is 1. The third-order valence-electron chi connectivity index (χ3n) is 7.89. The summed E-state index contributed by atoms with van der Waals surface area (Å²) in [5, 5.41) is 7.92. The number of rotatable bonds is 7. The smallest absolute Gasteiger partial charge is 0.293 e. The van der Waals surface area contributed by atoms with E-state index in [0.717, 1.165) is 5.56 Å². The summed E-state index contributed by atoms with van der Waals surface area (Å²) in [6.45, 7) is 5.25. The molecule has 2 fully saturated rings. The van der Waals surface area contributed by atoms with Gasteiger partial charge in [0.05, 0.1) is 22.6 Å². The van der Waals surface area contributed by atoms with Gasteiger partial charge in [-0.05, 0) is 56.9 Å². The first-order chi connectivity index (χ1) is 18.9. The number of hydrogen-bond donors (Lipinski definition) is 3. The van der Waals surface area contributed by atoms with Gasteiger partial charge in [0.1, 0.15) is 11.2 Å². The molecule has 3 amide bonds. The zero-order valence-corrected chi connectivity index (χ0v) is 24.2. The molecule has 1 aliphatic carbocycles. The first-order valence-electron chi connectivity index (χ1n) is 13.0. The van der Waals surface area contributed by atoms with Gasteiger partial charge in [-0.2, -0.15) is 0 Å². The van der Waals surface area contributed by atoms with Crippen LogP contribution in [0, 0.1) is 13.8 Å². The van der Waals surface area contributed by atoms with Crippen LogP contribution in [0.3, 0.4) is 0 Å². The molecule has 5 rings (SSSR count). The SMILES string of the molecule is Cc1ccc(NC(=O)c2c(C)c(C(=O)C(=O)NC3(C(=O)NC4(C)CS(=O)(=O)C4)CC(F)(F)C3)c3n2CCC3)cc1Cl. The molecule has 3 N–H and O–H groups in total. The van der Waals surface area contributed by atoms with Crippen molar-refractivity contribution in [1.29, 1.82) is 0 Å². The highest BCUT2D eigenvalue weighted by atomic mass is 35.5. The largest absolute Gasteiger partial charge is 0.347 e. The molecule has 1 saturated heterocycles. The molecule has 10 nitrogen and oxygen atoms in total. The van der Waals surface area contributed by atoms with E-state index in [2.05, 4.69) is 16.0 Å². The Morgan fingerprint density at radius 2 is 1.71 bits per heavy atom. The first-order valence-corrected chi connectivity index (χ1v) is 15.2. The van der Waals surface area contributed by atoms with Gasteiger partial charge in [0.2, 0.25) is 5.91 Å². The lowest BCUT2D eigenvalue weighted by Crippen LogP contribution is -2.74. The summed E-state index contributed by atoms with van der Waals surface area (Å²) in [6, 6.07) is 5.02. The van der Waals surface area contributed by atoms with E-state index in [0.29, 0.717) is 35.8 Å². The lowest BCUT2D eigenvalue weighted by molar-refractivity contribution is -0.166. The van der Waals surface area contributed by atoms with E-state index < -0.39 is 63.2 Å². The Kier molecular flexibility index (Phi) is 6.85. The number of anilines is 1. The second-order valence-corrected chi connectivity index (χ2v) is 14.1. The van der Waals surface area contributed by atoms with Gasteiger partial charge < -0.3 is 20.5 Å². The molecule has 220 valence electrons. The van der Waals surface area contributed by atoms with Gasteiger partial charge in [0.25, 0.3) is 23.5 Å². The Bertz CT molecular complexity index is 1610. The quantitative estimate of drug-likeness (QED) is 0.325. The highest BCUT2D eigenvalue weighted by Gasteiger charge is 2.63. The molecule has 0 unspecified atom stereocenters. The molecule has 0 atom stereocenters. The Labute approximate surface area is 240 Å². The number of halogens is 3. The lowest BCUT2D eigenvalue weighted by Gasteiger charge is -2.48. The molecule has 0 bridgehead atoms. The average molecular weight is 611 g/mol. The number of hydrogen-bond acceptors (Lipinski definition) is 6. The van der Waals surface area contributed by atoms with Crippen LogP contribution >= 0.6 is 11.6 Å². The van der Waals surface area contributed by atoms with E-state index in [1.54, 1.807) is 22.8 Å². The molecule has 1 aromatic carbocycles. The second-order valence-electron chi connectivity index (χ2n) is 11.6. The number of benzene rings is 1. The minimum absolute atomic E-state index is 0.00854. The van der Waals surface area contributed by atoms with Gasteiger partial charge in [-0.15, -0.1) is 0 Å². The predicted molar refractivity (Wildman–Crippen MR) is 146 cm³/mol. The molecule has 0 radical (unpaired) electrons. The molecular weight excluding hydrogens is 582 g/mol. The monoisotopic (exact) mass is 610 g/mol. The summed E-state index contributed by atoms with van der Waals surface area (Å²) < 4.78 is 52.9. The molecule has 1 saturated carbocycles. The van der Waals surface area contributed by atoms with Crippen LogP contribution in [0.15, 0.2) is 18.2 Å². The zero-order chi connectivity index (χ0) is 30.1. The number of ketones is 1. The van der Waals surface area contributed by atoms with E-state index in [1.807, 2.05) is 6.92 Å². The lowest BCUT2D eigenvalue weighted by atomic mass is 9.72. The predicted octanol–water partition coefficient (Wildman–Crippen LogP) is 2.73. The number of alkyl halides is 2. The summed E-state index contributed by atoms with van der Waals surface area (Å²) in [5.74, 6) is -7.77. The summed E-state index contributed by atoms with van der Waals surface area (Å²) in [5.41, 5.74) is -1.08. The van der Waals surface area contributed by atoms with E-state index in [1.165, 1.54) is 13.8 Å². The zero-order valence-electron chi connectivity index (χ0n) is 22.6. The number of carbonyl (C=O) groups excluding carboxylic acids is 4. The first kappa shape index (κ1) is 29.2. The van der Waals surface area contributed by atoms with E-state index in [-0.39, 0.29) is 28.3 Å². The van der Waals surface area contributed by atoms with Crippen LogP contribution in [-0.4, -0.2) is 65.0 Å². The number of carbonyl (C=O) groups is 4. The average Bonchev–Trinajstić information content (AvgIpc) is 3.37. The van der Waals surface area contributed by atoms with Crippen LogP contribution in [0.2, 0.25) is 5.02 Å². The Morgan fingerprint density at radius 1 is 1.05 bits per heavy atom. The van der Waals surface area contributed by atoms with Crippen molar-refractivity contribution in [3.05, 3.63) is 51.3 Å². The molecular formula is C27H29ClF2N4O6S. The van der Waals surface area contributed by atoms with Crippen LogP contribution in [0.4, 0.5) is 14.5 Å². The molecule has 14 heteroatoms. The molecule has 3 heterocycles. The maximum Gasteiger partial charge on any atom is 0.293 e. The second kappa shape index (κ2) is 9.62. The van der Waals surface area contributed by atoms with E-state index in [9.17, 15) is 36.4 Å². The van der Waals surface area contributed by atoms with Crippen molar-refractivity contribution in [2.75, 3.05) is 16.8 Å². The molecule has 41 heavy (non-hydrogen) atoms. The van der Waals surface area contributed by atoms with Crippen LogP contribution in [0.25, 0.3) is 0 Å². The van der Waals surface area contributed by atoms with E-state index >= 15 is 0 Å². The van der Waals surface area contributed by atoms with Crippen LogP contribution in [-0.2, 0) is 32.4 Å². The third-order valence-corrected chi connectivity index (χ3v) is 10.4. The van der Waals surface area contributed by atoms with Crippen molar-refractivity contribution < 1.29 is 36.4 Å². The number of fused-ring (bicyclic) bond motifs is 1. The van der Waals surface area contributed by atoms with Crippen LogP contribution in [0.5, 0.6) is 0 Å². The van der Waals surface area contributed by atoms with Gasteiger partial charge in [-0.25, -0.2) is 17.2 Å². The topological polar surface area (TPSA) is 143 Å². The fourth-order valence-electron chi connectivity index (χ4n) is 6.09. The van der Waals surface area contributed by atoms with E-state index in [4.69, 9.17) is 11.6 Å². The number of nitrogens with zero attached hydrogens (tertiary/aromatic N) is 1. The summed E-state index contributed by atoms with van der Waals surface area (Å²) in [6.07, 6.45) is -1.04. The molecule has 1 aromatic heterocycles. The van der Waals surface area contributed by atoms with Crippen molar-refractivity contribution in [2.45, 2.75) is 70.0 Å². The molecule has 2 aliphatic heterocycles. The highest BCUT2D eigenvalue weighted by molar-refractivity contribution is 7.93. The summed E-state index contributed by atoms with van der Waals surface area (Å²) >= 11 is 6.17. The van der Waals surface area contributed by atoms with Gasteiger partial charge in [-0.3, -0.25) is 19.2 Å².